The molecule has 8 heteroatoms. The number of ether oxygens (including phenoxy) is 3. The van der Waals surface area contributed by atoms with E-state index in [0.29, 0.717) is 31.7 Å². The number of hydrogen-bond donors (Lipinski definition) is 1. The van der Waals surface area contributed by atoms with Crippen LogP contribution in [0.15, 0.2) is 42.5 Å². The molecule has 1 N–H and O–H groups in total. The van der Waals surface area contributed by atoms with Crippen molar-refractivity contribution in [3.8, 4) is 11.5 Å². The minimum absolute atomic E-state index is 0.0715. The van der Waals surface area contributed by atoms with Crippen LogP contribution < -0.4 is 9.47 Å². The van der Waals surface area contributed by atoms with E-state index in [-0.39, 0.29) is 24.8 Å². The van der Waals surface area contributed by atoms with Crippen molar-refractivity contribution >= 4 is 6.09 Å². The smallest absolute Gasteiger partial charge is 0.410 e. The van der Waals surface area contributed by atoms with Gasteiger partial charge in [-0.3, -0.25) is 0 Å². The number of rotatable bonds is 7. The first kappa shape index (κ1) is 24.8. The molecular formula is C25H31F2NO5. The monoisotopic (exact) mass is 463 g/mol. The normalized spacial score (nSPS) is 18.7. The van der Waals surface area contributed by atoms with Crippen LogP contribution in [-0.2, 0) is 4.74 Å². The molecule has 2 atom stereocenters. The van der Waals surface area contributed by atoms with E-state index in [9.17, 15) is 18.7 Å². The minimum Gasteiger partial charge on any atom is -0.493 e. The van der Waals surface area contributed by atoms with Crippen molar-refractivity contribution in [2.24, 2.45) is 0 Å². The van der Waals surface area contributed by atoms with Crippen molar-refractivity contribution in [2.45, 2.75) is 51.2 Å². The second-order valence-electron chi connectivity index (χ2n) is 9.11. The van der Waals surface area contributed by atoms with Crippen molar-refractivity contribution in [3.05, 3.63) is 59.7 Å². The van der Waals surface area contributed by atoms with Crippen molar-refractivity contribution in [2.75, 3.05) is 26.3 Å². The molecule has 1 amide bonds. The van der Waals surface area contributed by atoms with Crippen LogP contribution >= 0.6 is 0 Å². The van der Waals surface area contributed by atoms with Crippen molar-refractivity contribution in [3.63, 3.8) is 0 Å². The van der Waals surface area contributed by atoms with Gasteiger partial charge in [0.2, 0.25) is 0 Å². The van der Waals surface area contributed by atoms with Gasteiger partial charge in [-0.2, -0.15) is 0 Å². The van der Waals surface area contributed by atoms with Gasteiger partial charge in [0.25, 0.3) is 0 Å². The predicted molar refractivity (Wildman–Crippen MR) is 120 cm³/mol. The second-order valence-corrected chi connectivity index (χ2v) is 9.11. The molecule has 2 unspecified atom stereocenters. The fourth-order valence-corrected chi connectivity index (χ4v) is 3.67. The largest absolute Gasteiger partial charge is 0.493 e. The highest BCUT2D eigenvalue weighted by Gasteiger charge is 2.33. The number of carbonyl (C=O) groups excluding carboxylic acids is 1. The summed E-state index contributed by atoms with van der Waals surface area (Å²) in [5.74, 6) is -0.605. The summed E-state index contributed by atoms with van der Waals surface area (Å²) in [7, 11) is 0. The number of halogens is 2. The van der Waals surface area contributed by atoms with E-state index in [1.807, 2.05) is 45.0 Å². The Morgan fingerprint density at radius 1 is 1.03 bits per heavy atom. The lowest BCUT2D eigenvalue weighted by atomic mass is 9.87. The first-order valence-electron chi connectivity index (χ1n) is 11.1. The Balaban J connectivity index is 1.42. The molecular weight excluding hydrogens is 432 g/mol. The summed E-state index contributed by atoms with van der Waals surface area (Å²) in [5, 5.41) is 10.6. The maximum Gasteiger partial charge on any atom is 0.410 e. The lowest BCUT2D eigenvalue weighted by Gasteiger charge is -2.36. The maximum absolute atomic E-state index is 13.1. The van der Waals surface area contributed by atoms with E-state index in [2.05, 4.69) is 0 Å². The molecule has 2 aromatic carbocycles. The molecule has 0 saturated carbocycles. The number of likely N-dealkylation sites (tertiary alicyclic amines) is 1. The Morgan fingerprint density at radius 2 is 1.64 bits per heavy atom. The Bertz CT molecular complexity index is 909. The standard InChI is InChI=1S/C25H31F2NO5/c1-25(2,3)33-24(30)28-10-9-22(23(29)16-28)17-5-7-20(8-6-17)31-11-4-12-32-21-14-18(26)13-19(27)15-21/h5-8,13-15,22-23,29H,4,9-12,16H2,1-3H3. The predicted octanol–water partition coefficient (Wildman–Crippen LogP) is 4.90. The minimum atomic E-state index is -0.679. The molecule has 1 heterocycles. The summed E-state index contributed by atoms with van der Waals surface area (Å²) >= 11 is 0. The fraction of sp³-hybridized carbons (Fsp3) is 0.480. The fourth-order valence-electron chi connectivity index (χ4n) is 3.67. The molecule has 1 fully saturated rings. The number of aliphatic hydroxyl groups is 1. The van der Waals surface area contributed by atoms with E-state index >= 15 is 0 Å². The van der Waals surface area contributed by atoms with Crippen LogP contribution in [0.1, 0.15) is 45.1 Å². The van der Waals surface area contributed by atoms with Gasteiger partial charge in [-0.05, 0) is 44.9 Å². The topological polar surface area (TPSA) is 68.2 Å². The Kier molecular flexibility index (Phi) is 8.13. The Hall–Kier alpha value is -2.87. The third-order valence-corrected chi connectivity index (χ3v) is 5.20. The van der Waals surface area contributed by atoms with Gasteiger partial charge in [0.15, 0.2) is 0 Å². The van der Waals surface area contributed by atoms with Crippen LogP contribution in [0.5, 0.6) is 11.5 Å². The molecule has 0 aliphatic carbocycles. The number of benzene rings is 2. The molecule has 33 heavy (non-hydrogen) atoms. The molecule has 1 saturated heterocycles. The molecule has 1 aliphatic rings. The van der Waals surface area contributed by atoms with Crippen LogP contribution in [0.4, 0.5) is 13.6 Å². The molecule has 2 aromatic rings. The van der Waals surface area contributed by atoms with E-state index in [1.165, 1.54) is 0 Å². The SMILES string of the molecule is CC(C)(C)OC(=O)N1CCC(c2ccc(OCCCOc3cc(F)cc(F)c3)cc2)C(O)C1. The number of piperidine rings is 1. The number of aliphatic hydroxyl groups excluding tert-OH is 1. The van der Waals surface area contributed by atoms with Crippen LogP contribution in [-0.4, -0.2) is 54.1 Å². The molecule has 3 rings (SSSR count). The van der Waals surface area contributed by atoms with Gasteiger partial charge in [-0.25, -0.2) is 13.6 Å². The van der Waals surface area contributed by atoms with Gasteiger partial charge in [0.1, 0.15) is 28.7 Å². The van der Waals surface area contributed by atoms with Crippen LogP contribution in [0.25, 0.3) is 0 Å². The van der Waals surface area contributed by atoms with E-state index < -0.39 is 29.4 Å². The number of carbonyl (C=O) groups is 1. The molecule has 0 spiro atoms. The lowest BCUT2D eigenvalue weighted by Crippen LogP contribution is -2.47. The molecule has 1 aliphatic heterocycles. The van der Waals surface area contributed by atoms with Gasteiger partial charge < -0.3 is 24.2 Å². The second kappa shape index (κ2) is 10.8. The summed E-state index contributed by atoms with van der Waals surface area (Å²) in [5.41, 5.74) is 0.410. The van der Waals surface area contributed by atoms with Crippen molar-refractivity contribution in [1.82, 2.24) is 4.90 Å². The highest BCUT2D eigenvalue weighted by atomic mass is 19.1. The zero-order chi connectivity index (χ0) is 24.0. The third kappa shape index (κ3) is 7.60. The van der Waals surface area contributed by atoms with E-state index in [4.69, 9.17) is 14.2 Å². The van der Waals surface area contributed by atoms with Gasteiger partial charge in [-0.1, -0.05) is 12.1 Å². The zero-order valence-corrected chi connectivity index (χ0v) is 19.2. The average molecular weight is 464 g/mol. The maximum atomic E-state index is 13.1. The highest BCUT2D eigenvalue weighted by Crippen LogP contribution is 2.30. The third-order valence-electron chi connectivity index (χ3n) is 5.20. The first-order chi connectivity index (χ1) is 15.6. The van der Waals surface area contributed by atoms with Gasteiger partial charge >= 0.3 is 6.09 Å². The first-order valence-corrected chi connectivity index (χ1v) is 11.1. The van der Waals surface area contributed by atoms with Crippen molar-refractivity contribution < 1.29 is 32.9 Å². The van der Waals surface area contributed by atoms with Gasteiger partial charge in [0.05, 0.1) is 25.9 Å². The number of hydrogen-bond acceptors (Lipinski definition) is 5. The number of nitrogens with zero attached hydrogens (tertiary/aromatic N) is 1. The zero-order valence-electron chi connectivity index (χ0n) is 19.2. The summed E-state index contributed by atoms with van der Waals surface area (Å²) in [4.78, 5) is 13.8. The Morgan fingerprint density at radius 3 is 2.21 bits per heavy atom. The van der Waals surface area contributed by atoms with Crippen LogP contribution in [0.3, 0.4) is 0 Å². The number of amides is 1. The summed E-state index contributed by atoms with van der Waals surface area (Å²) < 4.78 is 42.7. The van der Waals surface area contributed by atoms with E-state index in [1.54, 1.807) is 4.90 Å². The quantitative estimate of drug-likeness (QED) is 0.592. The molecule has 0 radical (unpaired) electrons. The van der Waals surface area contributed by atoms with Gasteiger partial charge in [-0.15, -0.1) is 0 Å². The summed E-state index contributed by atoms with van der Waals surface area (Å²) in [6.45, 7) is 6.84. The van der Waals surface area contributed by atoms with Gasteiger partial charge in [0, 0.05) is 37.1 Å². The molecule has 0 bridgehead atoms. The highest BCUT2D eigenvalue weighted by molar-refractivity contribution is 5.68. The molecule has 6 nitrogen and oxygen atoms in total. The molecule has 180 valence electrons. The number of β-amino-alcohol motifs (C(OH)–C–C–N with tert-alkyl or cyclic N) is 1. The molecule has 0 aromatic heterocycles. The lowest BCUT2D eigenvalue weighted by molar-refractivity contribution is -0.00152. The summed E-state index contributed by atoms with van der Waals surface area (Å²) in [6.07, 6.45) is 0.0958. The Labute approximate surface area is 193 Å². The van der Waals surface area contributed by atoms with E-state index in [0.717, 1.165) is 23.8 Å². The van der Waals surface area contributed by atoms with Crippen LogP contribution in [0, 0.1) is 11.6 Å². The van der Waals surface area contributed by atoms with Crippen LogP contribution in [0.2, 0.25) is 0 Å². The average Bonchev–Trinajstić information content (AvgIpc) is 2.72. The van der Waals surface area contributed by atoms with Crippen molar-refractivity contribution in [1.29, 1.82) is 0 Å². The summed E-state index contributed by atoms with van der Waals surface area (Å²) in [6, 6.07) is 10.6.